The fraction of sp³-hybridized carbons (Fsp3) is 0.250. The fourth-order valence-electron chi connectivity index (χ4n) is 0.887. The van der Waals surface area contributed by atoms with E-state index in [-0.39, 0.29) is 29.6 Å². The quantitative estimate of drug-likeness (QED) is 0.539. The maximum absolute atomic E-state index is 10.7. The van der Waals surface area contributed by atoms with Gasteiger partial charge in [0.15, 0.2) is 5.37 Å². The molecule has 1 aromatic carbocycles. The van der Waals surface area contributed by atoms with Crippen molar-refractivity contribution in [3.8, 4) is 0 Å². The SMILES string of the molecule is CC(Nc1cccc(Cl)c1)S(=O)(=O)O.[Na+]. The Morgan fingerprint density at radius 3 is 2.53 bits per heavy atom. The van der Waals surface area contributed by atoms with Gasteiger partial charge in [0.05, 0.1) is 0 Å². The topological polar surface area (TPSA) is 66.4 Å². The molecular formula is C8H10ClNNaO3S+. The summed E-state index contributed by atoms with van der Waals surface area (Å²) in [4.78, 5) is 0. The van der Waals surface area contributed by atoms with Gasteiger partial charge in [-0.05, 0) is 25.1 Å². The molecule has 0 aromatic heterocycles. The van der Waals surface area contributed by atoms with Crippen LogP contribution in [0.5, 0.6) is 0 Å². The van der Waals surface area contributed by atoms with Crippen molar-refractivity contribution in [1.82, 2.24) is 0 Å². The van der Waals surface area contributed by atoms with E-state index in [4.69, 9.17) is 16.2 Å². The number of anilines is 1. The summed E-state index contributed by atoms with van der Waals surface area (Å²) < 4.78 is 30.1. The van der Waals surface area contributed by atoms with Gasteiger partial charge in [-0.15, -0.1) is 0 Å². The first-order valence-electron chi connectivity index (χ1n) is 3.88. The predicted molar refractivity (Wildman–Crippen MR) is 56.1 cm³/mol. The van der Waals surface area contributed by atoms with Gasteiger partial charge in [0.2, 0.25) is 0 Å². The van der Waals surface area contributed by atoms with E-state index in [2.05, 4.69) is 5.32 Å². The number of benzene rings is 1. The first-order valence-corrected chi connectivity index (χ1v) is 5.76. The monoisotopic (exact) mass is 258 g/mol. The Hall–Kier alpha value is 0.220. The third kappa shape index (κ3) is 5.19. The maximum atomic E-state index is 10.7. The average molecular weight is 259 g/mol. The number of halogens is 1. The molecule has 4 nitrogen and oxygen atoms in total. The van der Waals surface area contributed by atoms with E-state index in [0.29, 0.717) is 10.7 Å². The van der Waals surface area contributed by atoms with Crippen LogP contribution < -0.4 is 34.9 Å². The Kier molecular flexibility index (Phi) is 6.17. The van der Waals surface area contributed by atoms with E-state index in [1.807, 2.05) is 0 Å². The van der Waals surface area contributed by atoms with E-state index in [9.17, 15) is 8.42 Å². The molecule has 0 bridgehead atoms. The van der Waals surface area contributed by atoms with Gasteiger partial charge in [-0.2, -0.15) is 8.42 Å². The van der Waals surface area contributed by atoms with E-state index in [1.54, 1.807) is 24.3 Å². The van der Waals surface area contributed by atoms with Crippen molar-refractivity contribution in [1.29, 1.82) is 0 Å². The first kappa shape index (κ1) is 15.2. The molecule has 1 unspecified atom stereocenters. The zero-order chi connectivity index (χ0) is 10.8. The number of hydrogen-bond acceptors (Lipinski definition) is 3. The molecule has 0 amide bonds. The molecule has 2 N–H and O–H groups in total. The summed E-state index contributed by atoms with van der Waals surface area (Å²) in [5.41, 5.74) is 0.544. The van der Waals surface area contributed by atoms with E-state index < -0.39 is 15.5 Å². The molecule has 1 atom stereocenters. The third-order valence-electron chi connectivity index (χ3n) is 1.64. The van der Waals surface area contributed by atoms with E-state index >= 15 is 0 Å². The van der Waals surface area contributed by atoms with Crippen LogP contribution in [0.3, 0.4) is 0 Å². The molecular weight excluding hydrogens is 249 g/mol. The van der Waals surface area contributed by atoms with Gasteiger partial charge in [-0.25, -0.2) is 0 Å². The average Bonchev–Trinajstić information content (AvgIpc) is 2.02. The van der Waals surface area contributed by atoms with Gasteiger partial charge >= 0.3 is 29.6 Å². The maximum Gasteiger partial charge on any atom is 1.00 e. The normalized spacial score (nSPS) is 12.7. The van der Waals surface area contributed by atoms with Crippen LogP contribution in [0.2, 0.25) is 5.02 Å². The smallest absolute Gasteiger partial charge is 0.367 e. The van der Waals surface area contributed by atoms with Gasteiger partial charge in [0.25, 0.3) is 10.1 Å². The molecule has 0 aliphatic carbocycles. The second kappa shape index (κ2) is 6.08. The summed E-state index contributed by atoms with van der Waals surface area (Å²) in [6.07, 6.45) is 0. The van der Waals surface area contributed by atoms with Crippen LogP contribution in [-0.4, -0.2) is 18.3 Å². The van der Waals surface area contributed by atoms with Crippen molar-refractivity contribution in [2.45, 2.75) is 12.3 Å². The first-order chi connectivity index (χ1) is 6.39. The fourth-order valence-corrected chi connectivity index (χ4v) is 1.36. The minimum atomic E-state index is -4.07. The molecule has 0 saturated heterocycles. The largest absolute Gasteiger partial charge is 1.00 e. The van der Waals surface area contributed by atoms with Gasteiger partial charge in [0, 0.05) is 10.7 Å². The molecule has 15 heavy (non-hydrogen) atoms. The number of nitrogens with one attached hydrogen (secondary N) is 1. The van der Waals surface area contributed by atoms with Gasteiger partial charge in [-0.3, -0.25) is 4.55 Å². The second-order valence-electron chi connectivity index (χ2n) is 2.81. The van der Waals surface area contributed by atoms with E-state index in [0.717, 1.165) is 0 Å². The van der Waals surface area contributed by atoms with Crippen molar-refractivity contribution >= 4 is 27.4 Å². The van der Waals surface area contributed by atoms with Gasteiger partial charge < -0.3 is 5.32 Å². The molecule has 0 radical (unpaired) electrons. The van der Waals surface area contributed by atoms with Crippen LogP contribution in [0.25, 0.3) is 0 Å². The zero-order valence-electron chi connectivity index (χ0n) is 8.44. The minimum Gasteiger partial charge on any atom is -0.367 e. The number of hydrogen-bond donors (Lipinski definition) is 2. The van der Waals surface area contributed by atoms with Gasteiger partial charge in [0.1, 0.15) is 0 Å². The molecule has 0 aliphatic heterocycles. The molecule has 1 aromatic rings. The van der Waals surface area contributed by atoms with Crippen LogP contribution in [0.4, 0.5) is 5.69 Å². The Balaban J connectivity index is 0.00000196. The second-order valence-corrected chi connectivity index (χ2v) is 4.99. The molecule has 7 heteroatoms. The van der Waals surface area contributed by atoms with Crippen LogP contribution in [0, 0.1) is 0 Å². The zero-order valence-corrected chi connectivity index (χ0v) is 12.0. The van der Waals surface area contributed by atoms with Crippen molar-refractivity contribution < 1.29 is 42.5 Å². The van der Waals surface area contributed by atoms with Crippen LogP contribution in [0.1, 0.15) is 6.92 Å². The van der Waals surface area contributed by atoms with Crippen molar-refractivity contribution in [2.75, 3.05) is 5.32 Å². The summed E-state index contributed by atoms with van der Waals surface area (Å²) in [6.45, 7) is 1.34. The summed E-state index contributed by atoms with van der Waals surface area (Å²) in [7, 11) is -4.07. The molecule has 0 spiro atoms. The summed E-state index contributed by atoms with van der Waals surface area (Å²) in [5, 5.41) is 2.04. The standard InChI is InChI=1S/C8H10ClNO3S.Na/c1-6(14(11,12)13)10-8-4-2-3-7(9)5-8;/h2-6,10H,1H3,(H,11,12,13);/q;+1. The minimum absolute atomic E-state index is 0. The van der Waals surface area contributed by atoms with Crippen molar-refractivity contribution in [2.24, 2.45) is 0 Å². The van der Waals surface area contributed by atoms with Crippen LogP contribution in [0.15, 0.2) is 24.3 Å². The van der Waals surface area contributed by atoms with Gasteiger partial charge in [-0.1, -0.05) is 17.7 Å². The molecule has 0 fully saturated rings. The molecule has 0 saturated carbocycles. The van der Waals surface area contributed by atoms with Crippen LogP contribution >= 0.6 is 11.6 Å². The molecule has 0 aliphatic rings. The van der Waals surface area contributed by atoms with E-state index in [1.165, 1.54) is 6.92 Å². The Morgan fingerprint density at radius 2 is 2.07 bits per heavy atom. The summed E-state index contributed by atoms with van der Waals surface area (Å²) >= 11 is 5.69. The summed E-state index contributed by atoms with van der Waals surface area (Å²) in [6, 6.07) is 6.59. The number of rotatable bonds is 3. The molecule has 0 heterocycles. The Labute approximate surface area is 116 Å². The third-order valence-corrected chi connectivity index (χ3v) is 2.89. The molecule has 78 valence electrons. The molecule has 1 rings (SSSR count). The Morgan fingerprint density at radius 1 is 1.47 bits per heavy atom. The van der Waals surface area contributed by atoms with Crippen molar-refractivity contribution in [3.05, 3.63) is 29.3 Å². The summed E-state index contributed by atoms with van der Waals surface area (Å²) in [5.74, 6) is 0. The Bertz CT molecular complexity index is 424. The van der Waals surface area contributed by atoms with Crippen LogP contribution in [-0.2, 0) is 10.1 Å². The van der Waals surface area contributed by atoms with Crippen molar-refractivity contribution in [3.63, 3.8) is 0 Å². The predicted octanol–water partition coefficient (Wildman–Crippen LogP) is -1.01.